The molecule has 25 heavy (non-hydrogen) atoms. The highest BCUT2D eigenvalue weighted by Gasteiger charge is 2.19. The summed E-state index contributed by atoms with van der Waals surface area (Å²) in [6.45, 7) is 4.31. The number of hydrogen-bond donors (Lipinski definition) is 1. The van der Waals surface area contributed by atoms with Gasteiger partial charge in [-0.2, -0.15) is 0 Å². The number of carbonyl (C=O) groups is 1. The predicted molar refractivity (Wildman–Crippen MR) is 99.3 cm³/mol. The first-order chi connectivity index (χ1) is 12.0. The van der Waals surface area contributed by atoms with Gasteiger partial charge in [-0.3, -0.25) is 13.9 Å². The zero-order chi connectivity index (χ0) is 18.0. The summed E-state index contributed by atoms with van der Waals surface area (Å²) in [6.07, 6.45) is 3.50. The van der Waals surface area contributed by atoms with Crippen molar-refractivity contribution in [3.8, 4) is 0 Å². The molecule has 1 aliphatic heterocycles. The standard InChI is InChI=1S/C18H26N4O3/c1-4-25-12-17(23)19-13-10-15-16(21(3)18(24)20(15)2)11-14(13)22-8-6-5-7-9-22/h10-11H,4-9,12H2,1-3H3,(H,19,23). The second-order valence-corrected chi connectivity index (χ2v) is 6.49. The molecule has 1 aliphatic rings. The molecule has 1 fully saturated rings. The Balaban J connectivity index is 2.05. The molecule has 136 valence electrons. The molecule has 7 nitrogen and oxygen atoms in total. The minimum Gasteiger partial charge on any atom is -0.372 e. The van der Waals surface area contributed by atoms with Gasteiger partial charge in [-0.1, -0.05) is 0 Å². The Labute approximate surface area is 147 Å². The Morgan fingerprint density at radius 3 is 2.40 bits per heavy atom. The summed E-state index contributed by atoms with van der Waals surface area (Å²) in [4.78, 5) is 26.7. The summed E-state index contributed by atoms with van der Waals surface area (Å²) in [7, 11) is 3.52. The van der Waals surface area contributed by atoms with Crippen LogP contribution >= 0.6 is 0 Å². The van der Waals surface area contributed by atoms with Crippen LogP contribution in [0.5, 0.6) is 0 Å². The molecule has 7 heteroatoms. The molecule has 0 saturated carbocycles. The largest absolute Gasteiger partial charge is 0.372 e. The third-order valence-corrected chi connectivity index (χ3v) is 4.80. The Kier molecular flexibility index (Phi) is 5.13. The molecule has 0 spiro atoms. The Morgan fingerprint density at radius 1 is 1.12 bits per heavy atom. The Morgan fingerprint density at radius 2 is 1.76 bits per heavy atom. The van der Waals surface area contributed by atoms with Crippen LogP contribution in [0.25, 0.3) is 11.0 Å². The second kappa shape index (κ2) is 7.31. The van der Waals surface area contributed by atoms with Crippen molar-refractivity contribution < 1.29 is 9.53 Å². The van der Waals surface area contributed by atoms with Crippen LogP contribution < -0.4 is 15.9 Å². The first-order valence-corrected chi connectivity index (χ1v) is 8.85. The molecule has 0 atom stereocenters. The summed E-state index contributed by atoms with van der Waals surface area (Å²) in [5, 5.41) is 2.96. The summed E-state index contributed by atoms with van der Waals surface area (Å²) in [5.74, 6) is -0.180. The molecule has 2 heterocycles. The first-order valence-electron chi connectivity index (χ1n) is 8.85. The van der Waals surface area contributed by atoms with E-state index in [0.29, 0.717) is 6.61 Å². The number of aromatic nitrogens is 2. The second-order valence-electron chi connectivity index (χ2n) is 6.49. The van der Waals surface area contributed by atoms with E-state index in [1.54, 1.807) is 23.2 Å². The van der Waals surface area contributed by atoms with E-state index in [1.165, 1.54) is 6.42 Å². The third-order valence-electron chi connectivity index (χ3n) is 4.80. The molecule has 1 aromatic heterocycles. The quantitative estimate of drug-likeness (QED) is 0.897. The maximum atomic E-state index is 12.3. The monoisotopic (exact) mass is 346 g/mol. The molecule has 0 unspecified atom stereocenters. The van der Waals surface area contributed by atoms with Gasteiger partial charge in [-0.15, -0.1) is 0 Å². The number of benzene rings is 1. The van der Waals surface area contributed by atoms with Crippen LogP contribution in [0.15, 0.2) is 16.9 Å². The van der Waals surface area contributed by atoms with E-state index in [-0.39, 0.29) is 18.2 Å². The van der Waals surface area contributed by atoms with Gasteiger partial charge in [0.05, 0.1) is 22.4 Å². The molecule has 3 rings (SSSR count). The number of anilines is 2. The number of carbonyl (C=O) groups excluding carboxylic acids is 1. The molecule has 2 aromatic rings. The number of piperidine rings is 1. The van der Waals surface area contributed by atoms with E-state index in [1.807, 2.05) is 19.1 Å². The Hall–Kier alpha value is -2.28. The summed E-state index contributed by atoms with van der Waals surface area (Å²) in [6, 6.07) is 3.91. The van der Waals surface area contributed by atoms with E-state index in [2.05, 4.69) is 10.2 Å². The van der Waals surface area contributed by atoms with Gasteiger partial charge in [0.2, 0.25) is 5.91 Å². The molecule has 1 saturated heterocycles. The van der Waals surface area contributed by atoms with E-state index < -0.39 is 0 Å². The third kappa shape index (κ3) is 3.42. The van der Waals surface area contributed by atoms with Crippen molar-refractivity contribution in [1.82, 2.24) is 9.13 Å². The van der Waals surface area contributed by atoms with Crippen LogP contribution in [0.4, 0.5) is 11.4 Å². The normalized spacial score (nSPS) is 14.9. The molecule has 0 bridgehead atoms. The van der Waals surface area contributed by atoms with E-state index in [4.69, 9.17) is 4.74 Å². The topological polar surface area (TPSA) is 68.5 Å². The minimum atomic E-state index is -0.180. The number of rotatable bonds is 5. The molecule has 1 N–H and O–H groups in total. The van der Waals surface area contributed by atoms with Gasteiger partial charge >= 0.3 is 5.69 Å². The van der Waals surface area contributed by atoms with Gasteiger partial charge in [0.1, 0.15) is 6.61 Å². The fourth-order valence-electron chi connectivity index (χ4n) is 3.41. The number of hydrogen-bond acceptors (Lipinski definition) is 4. The van der Waals surface area contributed by atoms with Crippen molar-refractivity contribution >= 4 is 28.3 Å². The van der Waals surface area contributed by atoms with Crippen LogP contribution in [0, 0.1) is 0 Å². The number of amides is 1. The van der Waals surface area contributed by atoms with Crippen molar-refractivity contribution in [3.05, 3.63) is 22.6 Å². The van der Waals surface area contributed by atoms with Crippen LogP contribution in [0.1, 0.15) is 26.2 Å². The van der Waals surface area contributed by atoms with Gasteiger partial charge in [0.25, 0.3) is 0 Å². The lowest BCUT2D eigenvalue weighted by molar-refractivity contribution is -0.120. The number of fused-ring (bicyclic) bond motifs is 1. The number of aryl methyl sites for hydroxylation is 2. The molecule has 1 amide bonds. The zero-order valence-electron chi connectivity index (χ0n) is 15.2. The van der Waals surface area contributed by atoms with Gasteiger partial charge in [0.15, 0.2) is 0 Å². The van der Waals surface area contributed by atoms with Gasteiger partial charge in [0, 0.05) is 33.8 Å². The van der Waals surface area contributed by atoms with E-state index in [9.17, 15) is 9.59 Å². The maximum absolute atomic E-state index is 12.3. The van der Waals surface area contributed by atoms with Crippen molar-refractivity contribution in [1.29, 1.82) is 0 Å². The minimum absolute atomic E-state index is 0.0295. The predicted octanol–water partition coefficient (Wildman–Crippen LogP) is 1.84. The van der Waals surface area contributed by atoms with Crippen LogP contribution in [-0.4, -0.2) is 41.3 Å². The van der Waals surface area contributed by atoms with Gasteiger partial charge < -0.3 is 15.0 Å². The number of imidazole rings is 1. The number of ether oxygens (including phenoxy) is 1. The molecular formula is C18H26N4O3. The summed E-state index contributed by atoms with van der Waals surface area (Å²) >= 11 is 0. The summed E-state index contributed by atoms with van der Waals surface area (Å²) < 4.78 is 8.45. The highest BCUT2D eigenvalue weighted by Crippen LogP contribution is 2.32. The highest BCUT2D eigenvalue weighted by atomic mass is 16.5. The lowest BCUT2D eigenvalue weighted by atomic mass is 10.1. The van der Waals surface area contributed by atoms with Crippen molar-refractivity contribution in [3.63, 3.8) is 0 Å². The van der Waals surface area contributed by atoms with Crippen molar-refractivity contribution in [2.75, 3.05) is 36.5 Å². The maximum Gasteiger partial charge on any atom is 0.328 e. The van der Waals surface area contributed by atoms with Gasteiger partial charge in [-0.25, -0.2) is 4.79 Å². The van der Waals surface area contributed by atoms with Crippen LogP contribution in [0.2, 0.25) is 0 Å². The summed E-state index contributed by atoms with van der Waals surface area (Å²) in [5.41, 5.74) is 3.31. The lowest BCUT2D eigenvalue weighted by Crippen LogP contribution is -2.31. The van der Waals surface area contributed by atoms with Crippen LogP contribution in [-0.2, 0) is 23.6 Å². The SMILES string of the molecule is CCOCC(=O)Nc1cc2c(cc1N1CCCCC1)n(C)c(=O)n2C. The molecule has 1 aromatic carbocycles. The lowest BCUT2D eigenvalue weighted by Gasteiger charge is -2.30. The smallest absolute Gasteiger partial charge is 0.328 e. The molecule has 0 radical (unpaired) electrons. The molecule has 0 aliphatic carbocycles. The van der Waals surface area contributed by atoms with E-state index in [0.717, 1.165) is 48.3 Å². The fourth-order valence-corrected chi connectivity index (χ4v) is 3.41. The average Bonchev–Trinajstić information content (AvgIpc) is 2.84. The number of nitrogens with one attached hydrogen (secondary N) is 1. The van der Waals surface area contributed by atoms with Gasteiger partial charge in [-0.05, 0) is 38.3 Å². The first kappa shape index (κ1) is 17.5. The average molecular weight is 346 g/mol. The Bertz CT molecular complexity index is 831. The number of nitrogens with zero attached hydrogens (tertiary/aromatic N) is 3. The molecular weight excluding hydrogens is 320 g/mol. The van der Waals surface area contributed by atoms with Crippen LogP contribution in [0.3, 0.4) is 0 Å². The highest BCUT2D eigenvalue weighted by molar-refractivity contribution is 5.99. The van der Waals surface area contributed by atoms with E-state index >= 15 is 0 Å². The van der Waals surface area contributed by atoms with Crippen molar-refractivity contribution in [2.45, 2.75) is 26.2 Å². The fraction of sp³-hybridized carbons (Fsp3) is 0.556. The van der Waals surface area contributed by atoms with Crippen molar-refractivity contribution in [2.24, 2.45) is 14.1 Å². The zero-order valence-corrected chi connectivity index (χ0v) is 15.2.